The quantitative estimate of drug-likeness (QED) is 0.338. The van der Waals surface area contributed by atoms with E-state index < -0.39 is 0 Å². The maximum atomic E-state index is 13.3. The molecule has 1 aliphatic rings. The second kappa shape index (κ2) is 7.88. The number of nitrogens with one attached hydrogen (secondary N) is 1. The summed E-state index contributed by atoms with van der Waals surface area (Å²) in [5, 5.41) is 9.14. The highest BCUT2D eigenvalue weighted by atomic mass is 32.2. The summed E-state index contributed by atoms with van der Waals surface area (Å²) in [7, 11) is 0. The lowest BCUT2D eigenvalue weighted by Gasteiger charge is -2.12. The van der Waals surface area contributed by atoms with E-state index in [4.69, 9.17) is 4.74 Å². The number of fused-ring (bicyclic) bond motifs is 1. The highest BCUT2D eigenvalue weighted by Crippen LogP contribution is 2.32. The molecule has 6 heteroatoms. The first-order chi connectivity index (χ1) is 14.7. The number of epoxide rings is 1. The molecule has 0 amide bonds. The molecule has 2 heterocycles. The summed E-state index contributed by atoms with van der Waals surface area (Å²) >= 11 is 1.74. The summed E-state index contributed by atoms with van der Waals surface area (Å²) in [6.07, 6.45) is 3.93. The number of rotatable bonds is 6. The van der Waals surface area contributed by atoms with E-state index in [0.29, 0.717) is 13.2 Å². The Morgan fingerprint density at radius 3 is 2.57 bits per heavy atom. The molecule has 1 aliphatic heterocycles. The molecule has 1 saturated heterocycles. The Balaban J connectivity index is 1.47. The highest BCUT2D eigenvalue weighted by molar-refractivity contribution is 7.98. The molecule has 0 unspecified atom stereocenters. The molecule has 0 saturated carbocycles. The molecular formula is C24H20FN3OS. The van der Waals surface area contributed by atoms with Gasteiger partial charge in [0.1, 0.15) is 12.4 Å². The lowest BCUT2D eigenvalue weighted by Crippen LogP contribution is -2.12. The minimum Gasteiger partial charge on any atom is -0.484 e. The molecule has 0 spiro atoms. The first-order valence-corrected chi connectivity index (χ1v) is 10.9. The lowest BCUT2D eigenvalue weighted by molar-refractivity contribution is 0.509. The van der Waals surface area contributed by atoms with Crippen LogP contribution in [0.1, 0.15) is 11.1 Å². The average molecular weight is 418 g/mol. The number of aromatic nitrogens is 2. The predicted molar refractivity (Wildman–Crippen MR) is 119 cm³/mol. The smallest absolute Gasteiger partial charge is 0.158 e. The molecule has 1 N–H and O–H groups in total. The average Bonchev–Trinajstić information content (AvgIpc) is 3.53. The fourth-order valence-electron chi connectivity index (χ4n) is 3.52. The van der Waals surface area contributed by atoms with Crippen molar-refractivity contribution in [2.24, 2.45) is 0 Å². The summed E-state index contributed by atoms with van der Waals surface area (Å²) in [5.41, 5.74) is 5.04. The van der Waals surface area contributed by atoms with Gasteiger partial charge in [-0.1, -0.05) is 24.3 Å². The Hall–Kier alpha value is -3.25. The third kappa shape index (κ3) is 3.66. The van der Waals surface area contributed by atoms with E-state index >= 15 is 0 Å². The van der Waals surface area contributed by atoms with Crippen molar-refractivity contribution in [2.75, 3.05) is 12.9 Å². The first-order valence-electron chi connectivity index (χ1n) is 9.69. The second-order valence-electron chi connectivity index (χ2n) is 7.06. The van der Waals surface area contributed by atoms with Crippen LogP contribution in [0.4, 0.5) is 4.39 Å². The van der Waals surface area contributed by atoms with Gasteiger partial charge in [0.2, 0.25) is 0 Å². The predicted octanol–water partition coefficient (Wildman–Crippen LogP) is 5.38. The summed E-state index contributed by atoms with van der Waals surface area (Å²) in [4.78, 5) is 1.25. The lowest BCUT2D eigenvalue weighted by atomic mass is 10.1. The van der Waals surface area contributed by atoms with Gasteiger partial charge in [-0.25, -0.2) is 9.07 Å². The van der Waals surface area contributed by atoms with Gasteiger partial charge in [-0.05, 0) is 54.3 Å². The third-order valence-electron chi connectivity index (χ3n) is 5.15. The van der Waals surface area contributed by atoms with E-state index in [1.807, 2.05) is 23.0 Å². The van der Waals surface area contributed by atoms with Crippen LogP contribution < -0.4 is 5.32 Å². The van der Waals surface area contributed by atoms with Crippen LogP contribution in [-0.2, 0) is 11.3 Å². The van der Waals surface area contributed by atoms with E-state index in [1.165, 1.54) is 22.6 Å². The van der Waals surface area contributed by atoms with Gasteiger partial charge in [0.15, 0.2) is 5.76 Å². The molecule has 0 bridgehead atoms. The van der Waals surface area contributed by atoms with Gasteiger partial charge in [-0.15, -0.1) is 11.8 Å². The van der Waals surface area contributed by atoms with Crippen LogP contribution in [0.3, 0.4) is 0 Å². The largest absolute Gasteiger partial charge is 0.484 e. The highest BCUT2D eigenvalue weighted by Gasteiger charge is 2.23. The number of benzene rings is 3. The van der Waals surface area contributed by atoms with Gasteiger partial charge in [0.05, 0.1) is 23.1 Å². The van der Waals surface area contributed by atoms with Crippen LogP contribution in [0.5, 0.6) is 0 Å². The topological polar surface area (TPSA) is 42.4 Å². The summed E-state index contributed by atoms with van der Waals surface area (Å²) in [6, 6.07) is 21.0. The van der Waals surface area contributed by atoms with E-state index in [2.05, 4.69) is 47.0 Å². The normalized spacial score (nSPS) is 14.5. The zero-order valence-electron chi connectivity index (χ0n) is 16.4. The monoisotopic (exact) mass is 417 g/mol. The number of ether oxygens (including phenoxy) is 1. The van der Waals surface area contributed by atoms with Gasteiger partial charge < -0.3 is 10.1 Å². The Morgan fingerprint density at radius 1 is 1.10 bits per heavy atom. The van der Waals surface area contributed by atoms with Gasteiger partial charge in [0, 0.05) is 22.4 Å². The van der Waals surface area contributed by atoms with Crippen LogP contribution in [-0.4, -0.2) is 22.6 Å². The van der Waals surface area contributed by atoms with Crippen LogP contribution in [0.15, 0.2) is 83.6 Å². The summed E-state index contributed by atoms with van der Waals surface area (Å²) < 4.78 is 20.7. The Kier molecular flexibility index (Phi) is 4.93. The van der Waals surface area contributed by atoms with Crippen LogP contribution in [0, 0.1) is 5.82 Å². The first kappa shape index (κ1) is 18.8. The fourth-order valence-corrected chi connectivity index (χ4v) is 3.92. The Labute approximate surface area is 178 Å². The molecule has 150 valence electrons. The number of thioether (sulfide) groups is 1. The molecule has 1 aromatic heterocycles. The second-order valence-corrected chi connectivity index (χ2v) is 7.94. The van der Waals surface area contributed by atoms with Gasteiger partial charge in [-0.2, -0.15) is 5.10 Å². The standard InChI is InChI=1S/C24H20FN3OS/c1-30-19-11-5-16(6-12-19)13-26-24(23-15-29-23)20-3-2-4-22-21(20)14-27-28(22)18-9-7-17(25)8-10-18/h2-12,14,26H,13,15H2,1H3. The van der Waals surface area contributed by atoms with Gasteiger partial charge >= 0.3 is 0 Å². The molecule has 0 radical (unpaired) electrons. The summed E-state index contributed by atoms with van der Waals surface area (Å²) in [5.74, 6) is 0.696. The van der Waals surface area contributed by atoms with Crippen molar-refractivity contribution in [3.8, 4) is 5.69 Å². The molecule has 1 fully saturated rings. The summed E-state index contributed by atoms with van der Waals surface area (Å²) in [6.45, 7) is 1.34. The number of hydrogen-bond acceptors (Lipinski definition) is 4. The minimum absolute atomic E-state index is 0.261. The zero-order valence-corrected chi connectivity index (χ0v) is 17.2. The van der Waals surface area contributed by atoms with Gasteiger partial charge in [-0.3, -0.25) is 0 Å². The van der Waals surface area contributed by atoms with Crippen molar-refractivity contribution in [1.29, 1.82) is 0 Å². The van der Waals surface area contributed by atoms with Crippen molar-refractivity contribution in [3.05, 3.63) is 95.6 Å². The fraction of sp³-hybridized carbons (Fsp3) is 0.125. The van der Waals surface area contributed by atoms with E-state index in [0.717, 1.165) is 33.6 Å². The number of halogens is 1. The molecule has 4 nitrogen and oxygen atoms in total. The third-order valence-corrected chi connectivity index (χ3v) is 5.89. The molecular weight excluding hydrogens is 397 g/mol. The molecule has 3 aromatic carbocycles. The maximum Gasteiger partial charge on any atom is 0.158 e. The Bertz CT molecular complexity index is 1220. The SMILES string of the molecule is CSc1ccc(CNC(=C2CO2)c2cccc3c2cnn3-c2ccc(F)cc2)cc1. The maximum absolute atomic E-state index is 13.3. The van der Waals surface area contributed by atoms with Crippen molar-refractivity contribution < 1.29 is 9.13 Å². The van der Waals surface area contributed by atoms with Crippen LogP contribution >= 0.6 is 11.8 Å². The molecule has 5 rings (SSSR count). The van der Waals surface area contributed by atoms with Crippen molar-refractivity contribution >= 4 is 28.4 Å². The van der Waals surface area contributed by atoms with Crippen LogP contribution in [0.25, 0.3) is 22.3 Å². The number of hydrogen-bond donors (Lipinski definition) is 1. The van der Waals surface area contributed by atoms with E-state index in [1.54, 1.807) is 23.9 Å². The number of nitrogens with zero attached hydrogens (tertiary/aromatic N) is 2. The molecule has 4 aromatic rings. The van der Waals surface area contributed by atoms with Crippen LogP contribution in [0.2, 0.25) is 0 Å². The Morgan fingerprint density at radius 2 is 1.87 bits per heavy atom. The molecule has 0 atom stereocenters. The van der Waals surface area contributed by atoms with Gasteiger partial charge in [0.25, 0.3) is 0 Å². The van der Waals surface area contributed by atoms with E-state index in [9.17, 15) is 4.39 Å². The van der Waals surface area contributed by atoms with Crippen molar-refractivity contribution in [3.63, 3.8) is 0 Å². The minimum atomic E-state index is -0.261. The zero-order chi connectivity index (χ0) is 20.5. The van der Waals surface area contributed by atoms with Crippen molar-refractivity contribution in [1.82, 2.24) is 15.1 Å². The van der Waals surface area contributed by atoms with E-state index in [-0.39, 0.29) is 5.82 Å². The molecule has 0 aliphatic carbocycles. The molecule has 30 heavy (non-hydrogen) atoms. The van der Waals surface area contributed by atoms with Crippen molar-refractivity contribution in [2.45, 2.75) is 11.4 Å².